The van der Waals surface area contributed by atoms with Gasteiger partial charge in [0.15, 0.2) is 51.3 Å². The monoisotopic (exact) mass is 1920 g/mol. The first-order chi connectivity index (χ1) is 58.5. The highest BCUT2D eigenvalue weighted by molar-refractivity contribution is 7.86. The summed E-state index contributed by atoms with van der Waals surface area (Å²) in [6, 6.07) is 0.0362. The number of aliphatic hydroxyl groups excluding tert-OH is 1. The Morgan fingerprint density at radius 3 is 1.13 bits per heavy atom. The fourth-order valence-electron chi connectivity index (χ4n) is 9.34. The Kier molecular flexibility index (Phi) is 50.8. The largest absolute Gasteiger partial charge is 0.491 e. The van der Waals surface area contributed by atoms with Crippen LogP contribution in [0.2, 0.25) is 36.3 Å². The molecule has 4 atom stereocenters. The van der Waals surface area contributed by atoms with Gasteiger partial charge in [0.05, 0.1) is 107 Å². The maximum absolute atomic E-state index is 13.7. The second-order valence-corrected chi connectivity index (χ2v) is 52.8. The molecule has 6 rings (SSSR count). The van der Waals surface area contributed by atoms with E-state index in [-0.39, 0.29) is 79.0 Å². The van der Waals surface area contributed by atoms with Gasteiger partial charge < -0.3 is 93.6 Å². The zero-order valence-electron chi connectivity index (χ0n) is 80.4. The maximum atomic E-state index is 13.7. The number of methoxy groups -OCH3 is 3. The highest BCUT2D eigenvalue weighted by Gasteiger charge is 2.48. The number of carbonyl (C=O) groups excluding carboxylic acids is 6. The van der Waals surface area contributed by atoms with Crippen molar-refractivity contribution >= 4 is 122 Å². The molecule has 0 bridgehead atoms. The molecule has 6 heterocycles. The molecule has 1 unspecified atom stereocenters. The fraction of sp³-hybridized carbons (Fsp3) is 0.775. The number of unbranched alkanes of at least 4 members (excludes halogenated alkanes) is 3. The molecule has 3 aromatic heterocycles. The predicted octanol–water partition coefficient (Wildman–Crippen LogP) is 16.9. The van der Waals surface area contributed by atoms with Crippen molar-refractivity contribution in [2.75, 3.05) is 134 Å². The Balaban J connectivity index is 0.000000825. The second-order valence-electron chi connectivity index (χ2n) is 36.7. The van der Waals surface area contributed by atoms with Crippen molar-refractivity contribution in [3.63, 3.8) is 0 Å². The Hall–Kier alpha value is -7.09. The van der Waals surface area contributed by atoms with Crippen molar-refractivity contribution in [2.45, 2.75) is 283 Å². The van der Waals surface area contributed by atoms with E-state index in [0.29, 0.717) is 54.0 Å². The number of hydrogen-bond donors (Lipinski definition) is 8. The first kappa shape index (κ1) is 118. The lowest BCUT2D eigenvalue weighted by molar-refractivity contribution is -0.164. The average Bonchev–Trinajstić information content (AvgIpc) is 1.69. The smallest absolute Gasteiger partial charge is 0.478 e. The average molecular weight is 1920 g/mol. The van der Waals surface area contributed by atoms with Gasteiger partial charge in [-0.2, -0.15) is 15.0 Å². The minimum absolute atomic E-state index is 0.0434. The SMILES string of the molecule is CC(C)(C)C(=O)OCOP(=O)(O)OCOC(=O)C(C)(C)C.CC1CCCO1.CCCC[C@H](CO)Nc1nc(N)ncc1OC.CCCC[C@H](CO[Si](C)(C)C(C)(C)C)Nc1nc(N)ncc1OC.CCCC[C@H](CO[Si](C)(C)C(C)(C)C)Nc1nc(NP(=O)(OCOC(=O)C(C)(C)C)OCOC(=O)C(C)(C)C)ncc1OC.O=C1OCCN1P(=O)(Cl)N1CCOC1=O. The number of aliphatic hydroxyl groups is 1. The summed E-state index contributed by atoms with van der Waals surface area (Å²) < 4.78 is 121. The van der Waals surface area contributed by atoms with E-state index in [1.807, 2.05) is 0 Å². The molecular formula is C80H150ClN14O27P3Si2. The molecule has 41 nitrogen and oxygen atoms in total. The zero-order chi connectivity index (χ0) is 97.4. The van der Waals surface area contributed by atoms with E-state index in [1.54, 1.807) is 104 Å². The molecule has 3 saturated heterocycles. The molecule has 0 aliphatic carbocycles. The van der Waals surface area contributed by atoms with Crippen LogP contribution in [0.4, 0.5) is 44.9 Å². The van der Waals surface area contributed by atoms with Crippen molar-refractivity contribution in [3.05, 3.63) is 18.6 Å². The second kappa shape index (κ2) is 54.7. The van der Waals surface area contributed by atoms with Gasteiger partial charge in [-0.1, -0.05) is 101 Å². The summed E-state index contributed by atoms with van der Waals surface area (Å²) in [7, 11) is -7.95. The fourth-order valence-corrected chi connectivity index (χ4v) is 15.1. The van der Waals surface area contributed by atoms with Crippen LogP contribution in [0, 0.1) is 21.7 Å². The van der Waals surface area contributed by atoms with Crippen molar-refractivity contribution in [2.24, 2.45) is 21.7 Å². The van der Waals surface area contributed by atoms with Gasteiger partial charge in [-0.3, -0.25) is 37.9 Å². The standard InChI is InChI=1S/C29H55N4O9PSi.C17H34N4O2Si.C12H23O8P.C11H20N4O2.C6H8ClN2O5P.C5H10O/c1-14-15-16-21(18-42-44(12,13)29(8,9)10)31-23-22(37-11)17-30-26(32-23)33-43(36,40-19-38-24(34)27(2,3)4)41-20-39-25(35)28(5,6)7;1-8-9-10-13(12-23-24(6,7)17(2,3)4)20-15-14(22-5)11-19-16(18)21-15;1-11(2,3)9(13)17-7-19-21(15,16)20-8-18-10(14)12(4,5)6;1-3-4-5-8(7-16)14-10-9(17-2)6-13-11(12)15-10;7-15(12,8-1-3-13-5(8)10)9-2-4-14-6(9)11;1-5-3-2-4-6-5/h17,21H,14-16,18-20H2,1-13H3,(H2,30,31,32,33,36);11,13H,8-10,12H2,1-7H3,(H3,18,19,20,21);7-8H2,1-6H3,(H,15,16);6,8,16H,3-5,7H2,1-2H3,(H3,12,13,14,15);1-4H2;5H,2-4H2,1H3/t21-;13-;;8-;;/m11.1../s1. The maximum Gasteiger partial charge on any atom is 0.478 e. The van der Waals surface area contributed by atoms with Crippen molar-refractivity contribution in [1.82, 2.24) is 39.2 Å². The molecule has 10 N–H and O–H groups in total. The lowest BCUT2D eigenvalue weighted by Crippen LogP contribution is -2.43. The summed E-state index contributed by atoms with van der Waals surface area (Å²) >= 11 is 5.74. The van der Waals surface area contributed by atoms with Crippen molar-refractivity contribution < 1.29 is 127 Å². The van der Waals surface area contributed by atoms with Crippen LogP contribution in [0.25, 0.3) is 0 Å². The lowest BCUT2D eigenvalue weighted by atomic mass is 9.98. The number of ether oxygens (including phenoxy) is 10. The number of amides is 2. The molecule has 3 aromatic rings. The summed E-state index contributed by atoms with van der Waals surface area (Å²) in [5.41, 5.74) is 8.09. The van der Waals surface area contributed by atoms with Gasteiger partial charge in [-0.15, -0.1) is 0 Å². The molecule has 3 aliphatic rings. The number of phosphoric acid groups is 1. The number of nitrogens with one attached hydrogen (secondary N) is 4. The van der Waals surface area contributed by atoms with Crippen LogP contribution in [-0.2, 0) is 93.0 Å². The highest BCUT2D eigenvalue weighted by Crippen LogP contribution is 2.60. The van der Waals surface area contributed by atoms with Gasteiger partial charge >= 0.3 is 58.4 Å². The molecule has 0 spiro atoms. The third-order valence-electron chi connectivity index (χ3n) is 19.4. The molecule has 2 amide bonds. The van der Waals surface area contributed by atoms with E-state index in [0.717, 1.165) is 73.7 Å². The molecule has 0 aromatic carbocycles. The van der Waals surface area contributed by atoms with Gasteiger partial charge in [0, 0.05) is 18.7 Å². The minimum atomic E-state index is -4.46. The predicted molar refractivity (Wildman–Crippen MR) is 490 cm³/mol. The Morgan fingerprint density at radius 2 is 0.858 bits per heavy atom. The van der Waals surface area contributed by atoms with Crippen LogP contribution in [0.3, 0.4) is 0 Å². The van der Waals surface area contributed by atoms with Crippen LogP contribution in [-0.4, -0.2) is 227 Å². The number of cyclic esters (lactones) is 2. The number of anilines is 6. The third-order valence-corrected chi connectivity index (χ3v) is 33.6. The van der Waals surface area contributed by atoms with E-state index in [9.17, 15) is 52.5 Å². The summed E-state index contributed by atoms with van der Waals surface area (Å²) in [4.78, 5) is 104. The van der Waals surface area contributed by atoms with Crippen molar-refractivity contribution in [1.29, 1.82) is 0 Å². The van der Waals surface area contributed by atoms with E-state index < -0.39 is 124 Å². The van der Waals surface area contributed by atoms with Crippen LogP contribution < -0.4 is 46.7 Å². The van der Waals surface area contributed by atoms with E-state index in [4.69, 9.17) is 69.0 Å². The Morgan fingerprint density at radius 1 is 0.535 bits per heavy atom. The first-order valence-electron chi connectivity index (χ1n) is 42.3. The number of hydrogen-bond acceptors (Lipinski definition) is 37. The first-order valence-corrected chi connectivity index (χ1v) is 53.6. The minimum Gasteiger partial charge on any atom is -0.491 e. The highest BCUT2D eigenvalue weighted by atomic mass is 35.7. The summed E-state index contributed by atoms with van der Waals surface area (Å²) in [6.45, 7) is 46.6. The number of aromatic nitrogens is 6. The van der Waals surface area contributed by atoms with Crippen LogP contribution in [0.15, 0.2) is 18.6 Å². The number of esters is 4. The summed E-state index contributed by atoms with van der Waals surface area (Å²) in [6.07, 6.45) is 15.1. The number of nitrogen functional groups attached to an aromatic ring is 2. The topological polar surface area (TPSA) is 526 Å². The van der Waals surface area contributed by atoms with Gasteiger partial charge in [0.25, 0.3) is 0 Å². The molecular weight excluding hydrogens is 1770 g/mol. The van der Waals surface area contributed by atoms with Gasteiger partial charge in [-0.05, 0) is 170 Å². The molecule has 127 heavy (non-hydrogen) atoms. The number of carbonyl (C=O) groups is 6. The van der Waals surface area contributed by atoms with Crippen LogP contribution in [0.1, 0.15) is 223 Å². The number of nitrogens with zero attached hydrogens (tertiary/aromatic N) is 8. The summed E-state index contributed by atoms with van der Waals surface area (Å²) in [5, 5.41) is 22.0. The molecule has 3 aliphatic heterocycles. The van der Waals surface area contributed by atoms with Gasteiger partial charge in [0.2, 0.25) is 45.0 Å². The van der Waals surface area contributed by atoms with Crippen LogP contribution in [0.5, 0.6) is 17.2 Å². The Bertz CT molecular complexity index is 3890. The molecule has 3 fully saturated rings. The van der Waals surface area contributed by atoms with Crippen molar-refractivity contribution in [3.8, 4) is 17.2 Å². The van der Waals surface area contributed by atoms with Crippen LogP contribution >= 0.6 is 33.6 Å². The molecule has 0 radical (unpaired) electrons. The third kappa shape index (κ3) is 45.1. The molecule has 732 valence electrons. The quantitative estimate of drug-likeness (QED) is 0.00860. The number of halogens is 1. The lowest BCUT2D eigenvalue weighted by Gasteiger charge is -2.37. The van der Waals surface area contributed by atoms with E-state index >= 15 is 0 Å². The number of rotatable bonds is 41. The molecule has 47 heteroatoms. The molecule has 0 saturated carbocycles. The zero-order valence-corrected chi connectivity index (χ0v) is 85.8. The number of phosphoric ester groups is 1. The Labute approximate surface area is 758 Å². The van der Waals surface area contributed by atoms with Gasteiger partial charge in [0.1, 0.15) is 13.2 Å². The number of nitrogens with two attached hydrogens (primary N) is 2. The normalized spacial score (nSPS) is 15.3. The van der Waals surface area contributed by atoms with Gasteiger partial charge in [-0.25, -0.2) is 52.1 Å². The van der Waals surface area contributed by atoms with E-state index in [2.05, 4.69) is 174 Å². The van der Waals surface area contributed by atoms with E-state index in [1.165, 1.54) is 32.3 Å². The summed E-state index contributed by atoms with van der Waals surface area (Å²) in [5.74, 6) is 0.922.